The molecule has 228 valence electrons. The molecule has 0 aromatic heterocycles. The van der Waals surface area contributed by atoms with Crippen molar-refractivity contribution in [2.24, 2.45) is 0 Å². The van der Waals surface area contributed by atoms with E-state index < -0.39 is 33.4 Å². The highest BCUT2D eigenvalue weighted by molar-refractivity contribution is 7.92. The minimum Gasteiger partial charge on any atom is -0.352 e. The Hall–Kier alpha value is -3.67. The van der Waals surface area contributed by atoms with Crippen LogP contribution >= 0.6 is 23.2 Å². The Morgan fingerprint density at radius 3 is 2.23 bits per heavy atom. The average molecular weight is 648 g/mol. The van der Waals surface area contributed by atoms with Crippen LogP contribution in [0.4, 0.5) is 11.4 Å². The molecule has 1 aliphatic rings. The van der Waals surface area contributed by atoms with Crippen molar-refractivity contribution in [2.45, 2.75) is 62.6 Å². The summed E-state index contributed by atoms with van der Waals surface area (Å²) in [5.41, 5.74) is -0.0232. The molecule has 13 heteroatoms. The summed E-state index contributed by atoms with van der Waals surface area (Å²) in [4.78, 5) is 39.8. The summed E-state index contributed by atoms with van der Waals surface area (Å²) in [5.74, 6) is -1.07. The number of sulfonamides is 1. The van der Waals surface area contributed by atoms with E-state index >= 15 is 0 Å². The van der Waals surface area contributed by atoms with Crippen LogP contribution in [0.5, 0.6) is 0 Å². The molecule has 0 aliphatic heterocycles. The van der Waals surface area contributed by atoms with E-state index in [0.717, 1.165) is 36.1 Å². The number of non-ortho nitro benzene ring substituents is 1. The van der Waals surface area contributed by atoms with Gasteiger partial charge in [-0.2, -0.15) is 0 Å². The number of carbonyl (C=O) groups excluding carboxylic acids is 2. The zero-order chi connectivity index (χ0) is 31.1. The number of nitrogens with zero attached hydrogens (tertiary/aromatic N) is 3. The second kappa shape index (κ2) is 14.2. The molecule has 1 aliphatic carbocycles. The summed E-state index contributed by atoms with van der Waals surface area (Å²) in [6.45, 7) is 0.849. The quantitative estimate of drug-likeness (QED) is 0.191. The van der Waals surface area contributed by atoms with Gasteiger partial charge in [0.15, 0.2) is 0 Å². The van der Waals surface area contributed by atoms with Crippen molar-refractivity contribution in [1.82, 2.24) is 10.2 Å². The molecule has 1 atom stereocenters. The van der Waals surface area contributed by atoms with E-state index in [2.05, 4.69) is 5.32 Å². The van der Waals surface area contributed by atoms with Crippen molar-refractivity contribution in [2.75, 3.05) is 10.8 Å². The lowest BCUT2D eigenvalue weighted by Gasteiger charge is -2.34. The first-order valence-electron chi connectivity index (χ1n) is 13.9. The van der Waals surface area contributed by atoms with Crippen LogP contribution in [0.3, 0.4) is 0 Å². The van der Waals surface area contributed by atoms with Gasteiger partial charge in [0.1, 0.15) is 12.6 Å². The molecule has 1 N–H and O–H groups in total. The predicted octanol–water partition coefficient (Wildman–Crippen LogP) is 5.96. The van der Waals surface area contributed by atoms with E-state index in [-0.39, 0.29) is 51.2 Å². The highest BCUT2D eigenvalue weighted by Crippen LogP contribution is 2.30. The Bertz CT molecular complexity index is 1560. The van der Waals surface area contributed by atoms with E-state index in [0.29, 0.717) is 5.56 Å². The molecular formula is C30H32Cl2N4O6S. The second-order valence-corrected chi connectivity index (χ2v) is 12.9. The van der Waals surface area contributed by atoms with E-state index in [9.17, 15) is 28.1 Å². The first kappa shape index (κ1) is 32.2. The van der Waals surface area contributed by atoms with E-state index in [4.69, 9.17) is 23.2 Å². The fraction of sp³-hybridized carbons (Fsp3) is 0.333. The third-order valence-electron chi connectivity index (χ3n) is 7.42. The van der Waals surface area contributed by atoms with Crippen LogP contribution in [0.25, 0.3) is 0 Å². The molecule has 0 radical (unpaired) electrons. The van der Waals surface area contributed by atoms with E-state index in [1.807, 2.05) is 0 Å². The smallest absolute Gasteiger partial charge is 0.271 e. The van der Waals surface area contributed by atoms with Gasteiger partial charge in [-0.05, 0) is 49.6 Å². The number of hydrogen-bond acceptors (Lipinski definition) is 6. The molecule has 4 rings (SSSR count). The topological polar surface area (TPSA) is 130 Å². The SMILES string of the molecule is CC[C@@H](C(=O)NC1CCCC1)N(Cc1c(Cl)cccc1Cl)C(=O)CN(c1cccc([N+](=O)[O-])c1)S(=O)(=O)c1ccccc1. The van der Waals surface area contributed by atoms with Crippen molar-refractivity contribution in [1.29, 1.82) is 0 Å². The number of nitro groups is 1. The summed E-state index contributed by atoms with van der Waals surface area (Å²) in [5, 5.41) is 15.1. The normalized spacial score (nSPS) is 14.2. The molecule has 1 saturated carbocycles. The van der Waals surface area contributed by atoms with Gasteiger partial charge in [0.25, 0.3) is 15.7 Å². The second-order valence-electron chi connectivity index (χ2n) is 10.2. The first-order chi connectivity index (χ1) is 20.5. The third-order valence-corrected chi connectivity index (χ3v) is 9.91. The molecule has 0 saturated heterocycles. The standard InChI is InChI=1S/C30H32Cl2N4O6S/c1-2-28(30(38)33-21-10-6-7-11-21)34(19-25-26(31)16-9-17-27(25)32)29(37)20-35(22-12-8-13-23(18-22)36(39)40)43(41,42)24-14-4-3-5-15-24/h3-5,8-9,12-18,21,28H,2,6-7,10-11,19-20H2,1H3,(H,33,38)/t28-/m0/s1. The fourth-order valence-corrected chi connectivity index (χ4v) is 7.09. The zero-order valence-electron chi connectivity index (χ0n) is 23.5. The van der Waals surface area contributed by atoms with Gasteiger partial charge >= 0.3 is 0 Å². The zero-order valence-corrected chi connectivity index (χ0v) is 25.8. The van der Waals surface area contributed by atoms with Crippen LogP contribution in [0, 0.1) is 10.1 Å². The number of hydrogen-bond donors (Lipinski definition) is 1. The maximum absolute atomic E-state index is 14.2. The summed E-state index contributed by atoms with van der Waals surface area (Å²) in [6, 6.07) is 16.4. The lowest BCUT2D eigenvalue weighted by molar-refractivity contribution is -0.384. The van der Waals surface area contributed by atoms with E-state index in [1.54, 1.807) is 31.2 Å². The highest BCUT2D eigenvalue weighted by atomic mass is 35.5. The lowest BCUT2D eigenvalue weighted by Crippen LogP contribution is -2.53. The Labute approximate surface area is 260 Å². The van der Waals surface area contributed by atoms with Crippen LogP contribution in [0.2, 0.25) is 10.0 Å². The van der Waals surface area contributed by atoms with Gasteiger partial charge in [0.2, 0.25) is 11.8 Å². The molecule has 0 spiro atoms. The van der Waals surface area contributed by atoms with Crippen LogP contribution in [0.15, 0.2) is 77.7 Å². The monoisotopic (exact) mass is 646 g/mol. The molecule has 0 heterocycles. The van der Waals surface area contributed by atoms with Crippen LogP contribution in [-0.2, 0) is 26.2 Å². The number of benzene rings is 3. The van der Waals surface area contributed by atoms with Crippen LogP contribution < -0.4 is 9.62 Å². The molecule has 0 unspecified atom stereocenters. The molecule has 3 aromatic rings. The van der Waals surface area contributed by atoms with Gasteiger partial charge in [0.05, 0.1) is 15.5 Å². The van der Waals surface area contributed by atoms with Crippen molar-refractivity contribution in [3.63, 3.8) is 0 Å². The van der Waals surface area contributed by atoms with Gasteiger partial charge in [-0.15, -0.1) is 0 Å². The van der Waals surface area contributed by atoms with Crippen LogP contribution in [-0.4, -0.2) is 48.7 Å². The number of nitro benzene ring substituents is 1. The highest BCUT2D eigenvalue weighted by Gasteiger charge is 2.35. The number of rotatable bonds is 12. The molecular weight excluding hydrogens is 615 g/mol. The molecule has 43 heavy (non-hydrogen) atoms. The minimum atomic E-state index is -4.38. The summed E-state index contributed by atoms with van der Waals surface area (Å²) < 4.78 is 28.6. The van der Waals surface area contributed by atoms with Crippen molar-refractivity contribution < 1.29 is 22.9 Å². The average Bonchev–Trinajstić information content (AvgIpc) is 3.50. The van der Waals surface area contributed by atoms with Crippen molar-refractivity contribution >= 4 is 56.4 Å². The maximum atomic E-state index is 14.2. The number of nitrogens with one attached hydrogen (secondary N) is 1. The van der Waals surface area contributed by atoms with Crippen molar-refractivity contribution in [3.05, 3.63) is 98.5 Å². The third kappa shape index (κ3) is 7.65. The summed E-state index contributed by atoms with van der Waals surface area (Å²) in [6.07, 6.45) is 3.89. The minimum absolute atomic E-state index is 0.0118. The molecule has 0 bridgehead atoms. The van der Waals surface area contributed by atoms with Crippen molar-refractivity contribution in [3.8, 4) is 0 Å². The lowest BCUT2D eigenvalue weighted by atomic mass is 10.1. The Morgan fingerprint density at radius 2 is 1.63 bits per heavy atom. The van der Waals surface area contributed by atoms with Gasteiger partial charge in [-0.3, -0.25) is 24.0 Å². The molecule has 3 aromatic carbocycles. The number of halogens is 2. The number of carbonyl (C=O) groups is 2. The largest absolute Gasteiger partial charge is 0.352 e. The summed E-state index contributed by atoms with van der Waals surface area (Å²) >= 11 is 12.9. The Morgan fingerprint density at radius 1 is 1.00 bits per heavy atom. The molecule has 1 fully saturated rings. The summed E-state index contributed by atoms with van der Waals surface area (Å²) in [7, 11) is -4.38. The van der Waals surface area contributed by atoms with Gasteiger partial charge < -0.3 is 10.2 Å². The van der Waals surface area contributed by atoms with Gasteiger partial charge in [0, 0.05) is 40.3 Å². The molecule has 10 nitrogen and oxygen atoms in total. The molecule has 2 amide bonds. The van der Waals surface area contributed by atoms with Gasteiger partial charge in [-0.25, -0.2) is 8.42 Å². The van der Waals surface area contributed by atoms with Crippen LogP contribution in [0.1, 0.15) is 44.6 Å². The van der Waals surface area contributed by atoms with Gasteiger partial charge in [-0.1, -0.05) is 73.3 Å². The van der Waals surface area contributed by atoms with E-state index in [1.165, 1.54) is 47.4 Å². The number of anilines is 1. The Kier molecular flexibility index (Phi) is 10.6. The maximum Gasteiger partial charge on any atom is 0.271 e. The Balaban J connectivity index is 1.77. The predicted molar refractivity (Wildman–Crippen MR) is 166 cm³/mol. The number of amides is 2. The fourth-order valence-electron chi connectivity index (χ4n) is 5.15. The first-order valence-corrected chi connectivity index (χ1v) is 16.1.